The predicted octanol–water partition coefficient (Wildman–Crippen LogP) is 20.7. The van der Waals surface area contributed by atoms with Crippen LogP contribution in [0.15, 0.2) is 24.3 Å². The summed E-state index contributed by atoms with van der Waals surface area (Å²) in [6.45, 7) is 6.89. The lowest BCUT2D eigenvalue weighted by molar-refractivity contribution is -0.870. The molecule has 78 heavy (non-hydrogen) atoms. The lowest BCUT2D eigenvalue weighted by atomic mass is 10.0. The van der Waals surface area contributed by atoms with Gasteiger partial charge in [0.05, 0.1) is 33.8 Å². The van der Waals surface area contributed by atoms with Crippen molar-refractivity contribution in [3.8, 4) is 0 Å². The summed E-state index contributed by atoms with van der Waals surface area (Å²) in [4.78, 5) is 40.1. The molecule has 0 bridgehead atoms. The monoisotopic (exact) mass is 1120 g/mol. The molecule has 0 aromatic carbocycles. The molecule has 9 nitrogen and oxygen atoms in total. The van der Waals surface area contributed by atoms with Crippen LogP contribution in [0.4, 0.5) is 0 Å². The van der Waals surface area contributed by atoms with Crippen LogP contribution in [-0.4, -0.2) is 69.4 Å². The van der Waals surface area contributed by atoms with Gasteiger partial charge in [-0.1, -0.05) is 302 Å². The van der Waals surface area contributed by atoms with Crippen molar-refractivity contribution >= 4 is 19.7 Å². The number of allylic oxidation sites excluding steroid dienone is 3. The number of rotatable bonds is 63. The smallest absolute Gasteiger partial charge is 0.306 e. The molecule has 3 atom stereocenters. The molecule has 0 radical (unpaired) electrons. The second-order valence-electron chi connectivity index (χ2n) is 24.7. The zero-order valence-corrected chi connectivity index (χ0v) is 53.8. The van der Waals surface area contributed by atoms with Crippen LogP contribution >= 0.6 is 7.82 Å². The fourth-order valence-corrected chi connectivity index (χ4v) is 11.1. The average Bonchev–Trinajstić information content (AvgIpc) is 3.40. The highest BCUT2D eigenvalue weighted by Gasteiger charge is 2.27. The van der Waals surface area contributed by atoms with Crippen molar-refractivity contribution in [1.29, 1.82) is 0 Å². The number of phosphoric ester groups is 1. The minimum absolute atomic E-state index is 0.0194. The molecule has 0 aromatic heterocycles. The van der Waals surface area contributed by atoms with Crippen LogP contribution in [0, 0.1) is 0 Å². The summed E-state index contributed by atoms with van der Waals surface area (Å²) in [5.74, 6) is -0.526. The second kappa shape index (κ2) is 58.7. The Morgan fingerprint density at radius 1 is 0.436 bits per heavy atom. The van der Waals surface area contributed by atoms with E-state index in [1.807, 2.05) is 33.3 Å². The van der Waals surface area contributed by atoms with Crippen molar-refractivity contribution < 1.29 is 37.3 Å². The van der Waals surface area contributed by atoms with Gasteiger partial charge in [0, 0.05) is 12.8 Å². The third-order valence-electron chi connectivity index (χ3n) is 15.6. The first-order valence-electron chi connectivity index (χ1n) is 34.1. The van der Waals surface area contributed by atoms with Gasteiger partial charge in [0.2, 0.25) is 5.91 Å². The van der Waals surface area contributed by atoms with Gasteiger partial charge in [0.1, 0.15) is 19.3 Å². The molecule has 0 spiro atoms. The van der Waals surface area contributed by atoms with Crippen LogP contribution in [0.25, 0.3) is 0 Å². The largest absolute Gasteiger partial charge is 0.756 e. The van der Waals surface area contributed by atoms with Crippen molar-refractivity contribution in [2.75, 3.05) is 40.9 Å². The van der Waals surface area contributed by atoms with Gasteiger partial charge in [-0.05, 0) is 57.4 Å². The van der Waals surface area contributed by atoms with Crippen molar-refractivity contribution in [3.05, 3.63) is 24.3 Å². The summed E-state index contributed by atoms with van der Waals surface area (Å²) in [5.41, 5.74) is 0. The number of nitrogens with one attached hydrogen (secondary N) is 1. The number of carbonyl (C=O) groups excluding carboxylic acids is 2. The summed E-state index contributed by atoms with van der Waals surface area (Å²) in [6, 6.07) is -0.885. The fourth-order valence-electron chi connectivity index (χ4n) is 10.3. The Labute approximate surface area is 485 Å². The highest BCUT2D eigenvalue weighted by molar-refractivity contribution is 7.45. The molecule has 0 fully saturated rings. The van der Waals surface area contributed by atoms with Crippen LogP contribution in [0.3, 0.4) is 0 Å². The quantitative estimate of drug-likeness (QED) is 0.0212. The maximum atomic E-state index is 13.6. The molecule has 0 aliphatic rings. The zero-order valence-electron chi connectivity index (χ0n) is 52.9. The minimum atomic E-state index is -4.70. The van der Waals surface area contributed by atoms with Crippen LogP contribution < -0.4 is 10.2 Å². The number of likely N-dealkylation sites (N-methyl/N-ethyl adjacent to an activating group) is 1. The topological polar surface area (TPSA) is 114 Å². The van der Waals surface area contributed by atoms with Crippen molar-refractivity contribution in [3.63, 3.8) is 0 Å². The summed E-state index contributed by atoms with van der Waals surface area (Å²) in [6.07, 6.45) is 70.1. The van der Waals surface area contributed by atoms with Gasteiger partial charge in [0.15, 0.2) is 0 Å². The standard InChI is InChI=1S/C68H133N2O7P/c1-7-10-13-16-19-22-25-28-30-32-33-34-35-36-37-39-41-43-46-49-52-55-58-61-68(72)77-66(59-56-53-50-47-44-27-24-21-18-15-12-9-3)65(64-76-78(73,74)75-63-62-70(4,5)6)69-67(71)60-57-54-51-48-45-42-40-38-31-29-26-23-20-17-14-11-8-2/h29,31,56,59,65-66H,7-28,30,32-55,57-58,60-64H2,1-6H3,(H-,69,71,73,74)/b31-29+,59-56-. The number of amides is 1. The van der Waals surface area contributed by atoms with Gasteiger partial charge in [-0.2, -0.15) is 0 Å². The molecule has 0 aliphatic carbocycles. The number of phosphoric acid groups is 1. The van der Waals surface area contributed by atoms with Gasteiger partial charge in [-0.25, -0.2) is 0 Å². The van der Waals surface area contributed by atoms with Gasteiger partial charge in [-0.15, -0.1) is 0 Å². The summed E-state index contributed by atoms with van der Waals surface area (Å²) >= 11 is 0. The molecule has 10 heteroatoms. The van der Waals surface area contributed by atoms with Crippen molar-refractivity contribution in [2.45, 2.75) is 360 Å². The normalized spacial score (nSPS) is 13.7. The lowest BCUT2D eigenvalue weighted by Crippen LogP contribution is -2.47. The first-order chi connectivity index (χ1) is 37.9. The minimum Gasteiger partial charge on any atom is -0.756 e. The number of ether oxygens (including phenoxy) is 1. The maximum absolute atomic E-state index is 13.6. The van der Waals surface area contributed by atoms with Crippen molar-refractivity contribution in [2.24, 2.45) is 0 Å². The molecule has 1 N–H and O–H groups in total. The fraction of sp³-hybridized carbons (Fsp3) is 0.912. The first-order valence-corrected chi connectivity index (χ1v) is 35.6. The summed E-state index contributed by atoms with van der Waals surface area (Å²) in [7, 11) is 1.20. The molecule has 0 heterocycles. The highest BCUT2D eigenvalue weighted by Crippen LogP contribution is 2.38. The molecule has 0 rings (SSSR count). The number of hydrogen-bond acceptors (Lipinski definition) is 7. The molecule has 3 unspecified atom stereocenters. The first kappa shape index (κ1) is 76.5. The van der Waals surface area contributed by atoms with E-state index in [2.05, 4.69) is 38.2 Å². The number of carbonyl (C=O) groups is 2. The highest BCUT2D eigenvalue weighted by atomic mass is 31.2. The third kappa shape index (κ3) is 59.1. The van der Waals surface area contributed by atoms with Gasteiger partial charge >= 0.3 is 5.97 Å². The van der Waals surface area contributed by atoms with Crippen molar-refractivity contribution in [1.82, 2.24) is 5.32 Å². The van der Waals surface area contributed by atoms with E-state index >= 15 is 0 Å². The van der Waals surface area contributed by atoms with E-state index in [4.69, 9.17) is 13.8 Å². The van der Waals surface area contributed by atoms with Crippen LogP contribution in [0.2, 0.25) is 0 Å². The molecule has 0 saturated heterocycles. The number of hydrogen-bond donors (Lipinski definition) is 1. The Kier molecular flexibility index (Phi) is 57.5. The number of unbranched alkanes of at least 4 members (excludes halogenated alkanes) is 45. The van der Waals surface area contributed by atoms with Crippen LogP contribution in [0.5, 0.6) is 0 Å². The SMILES string of the molecule is CCCCCCCC/C=C/CCCCCCCCCC(=O)NC(COP(=O)([O-])OCC[N+](C)(C)C)C(/C=C\CCCCCCCCCCCC)OC(=O)CCCCCCCCCCCCCCCCCCCCCCCCC. The molecular weight excluding hydrogens is 988 g/mol. The Morgan fingerprint density at radius 2 is 0.744 bits per heavy atom. The Hall–Kier alpha value is -1.51. The van der Waals surface area contributed by atoms with E-state index < -0.39 is 20.0 Å². The van der Waals surface area contributed by atoms with Gasteiger partial charge in [0.25, 0.3) is 7.82 Å². The van der Waals surface area contributed by atoms with Gasteiger partial charge in [-0.3, -0.25) is 14.2 Å². The molecule has 1 amide bonds. The van der Waals surface area contributed by atoms with Crippen LogP contribution in [-0.2, 0) is 27.9 Å². The van der Waals surface area contributed by atoms with E-state index in [0.29, 0.717) is 17.4 Å². The number of quaternary nitrogens is 1. The van der Waals surface area contributed by atoms with E-state index in [-0.39, 0.29) is 31.5 Å². The van der Waals surface area contributed by atoms with Crippen LogP contribution in [0.1, 0.15) is 348 Å². The zero-order chi connectivity index (χ0) is 57.2. The van der Waals surface area contributed by atoms with Gasteiger partial charge < -0.3 is 28.5 Å². The third-order valence-corrected chi connectivity index (χ3v) is 16.6. The molecular formula is C68H133N2O7P. The Bertz CT molecular complexity index is 1380. The molecule has 0 aliphatic heterocycles. The summed E-state index contributed by atoms with van der Waals surface area (Å²) < 4.78 is 30.4. The Morgan fingerprint density at radius 3 is 1.09 bits per heavy atom. The van der Waals surface area contributed by atoms with E-state index in [1.165, 1.54) is 244 Å². The number of esters is 1. The number of nitrogens with zero attached hydrogens (tertiary/aromatic N) is 1. The second-order valence-corrected chi connectivity index (χ2v) is 26.1. The lowest BCUT2D eigenvalue weighted by Gasteiger charge is -2.30. The maximum Gasteiger partial charge on any atom is 0.306 e. The molecule has 0 aromatic rings. The summed E-state index contributed by atoms with van der Waals surface area (Å²) in [5, 5.41) is 3.04. The molecule has 0 saturated carbocycles. The van der Waals surface area contributed by atoms with E-state index in [1.54, 1.807) is 0 Å². The predicted molar refractivity (Wildman–Crippen MR) is 335 cm³/mol. The average molecular weight is 1120 g/mol. The Balaban J connectivity index is 5.08. The molecule has 462 valence electrons. The van der Waals surface area contributed by atoms with E-state index in [0.717, 1.165) is 70.6 Å². The van der Waals surface area contributed by atoms with E-state index in [9.17, 15) is 19.0 Å².